The minimum absolute atomic E-state index is 0.0693. The Balaban J connectivity index is 1.98. The Morgan fingerprint density at radius 1 is 0.933 bits per heavy atom. The summed E-state index contributed by atoms with van der Waals surface area (Å²) in [5, 5.41) is 11.8. The first kappa shape index (κ1) is 19.9. The van der Waals surface area contributed by atoms with Gasteiger partial charge in [0.15, 0.2) is 0 Å². The van der Waals surface area contributed by atoms with Crippen LogP contribution in [0.25, 0.3) is 5.76 Å². The van der Waals surface area contributed by atoms with Crippen molar-refractivity contribution >= 4 is 34.7 Å². The predicted octanol–water partition coefficient (Wildman–Crippen LogP) is 5.58. The van der Waals surface area contributed by atoms with Gasteiger partial charge in [0.25, 0.3) is 11.7 Å². The zero-order chi connectivity index (χ0) is 21.4. The zero-order valence-corrected chi connectivity index (χ0v) is 17.4. The van der Waals surface area contributed by atoms with Crippen LogP contribution < -0.4 is 4.90 Å². The number of halogens is 1. The van der Waals surface area contributed by atoms with Gasteiger partial charge in [-0.25, -0.2) is 0 Å². The van der Waals surface area contributed by atoms with E-state index >= 15 is 0 Å². The lowest BCUT2D eigenvalue weighted by molar-refractivity contribution is -0.132. The van der Waals surface area contributed by atoms with Gasteiger partial charge in [0.2, 0.25) is 0 Å². The average Bonchev–Trinajstić information content (AvgIpc) is 3.01. The summed E-state index contributed by atoms with van der Waals surface area (Å²) in [5.41, 5.74) is 3.65. The summed E-state index contributed by atoms with van der Waals surface area (Å²) in [4.78, 5) is 27.6. The van der Waals surface area contributed by atoms with Gasteiger partial charge >= 0.3 is 0 Å². The lowest BCUT2D eigenvalue weighted by Gasteiger charge is -2.25. The molecular weight excluding hydrogens is 398 g/mol. The molecule has 1 fully saturated rings. The third-order valence-electron chi connectivity index (χ3n) is 5.31. The number of aliphatic hydroxyl groups excluding tert-OH is 1. The molecule has 3 aromatic carbocycles. The molecule has 0 aliphatic carbocycles. The molecule has 30 heavy (non-hydrogen) atoms. The molecule has 1 aliphatic heterocycles. The van der Waals surface area contributed by atoms with Crippen LogP contribution in [-0.4, -0.2) is 16.8 Å². The van der Waals surface area contributed by atoms with Gasteiger partial charge in [-0.2, -0.15) is 0 Å². The molecule has 3 aromatic rings. The molecule has 5 heteroatoms. The van der Waals surface area contributed by atoms with Crippen LogP contribution in [0.2, 0.25) is 5.02 Å². The Kier molecular flexibility index (Phi) is 5.18. The molecule has 4 rings (SSSR count). The molecule has 150 valence electrons. The number of ketones is 1. The van der Waals surface area contributed by atoms with E-state index < -0.39 is 17.7 Å². The predicted molar refractivity (Wildman–Crippen MR) is 119 cm³/mol. The van der Waals surface area contributed by atoms with Gasteiger partial charge in [-0.3, -0.25) is 14.5 Å². The Bertz CT molecular complexity index is 1170. The number of para-hydroxylation sites is 1. The Labute approximate surface area is 180 Å². The zero-order valence-electron chi connectivity index (χ0n) is 16.6. The maximum Gasteiger partial charge on any atom is 0.300 e. The number of benzene rings is 3. The molecule has 0 spiro atoms. The first-order valence-corrected chi connectivity index (χ1v) is 9.95. The minimum atomic E-state index is -0.760. The third-order valence-corrected chi connectivity index (χ3v) is 5.56. The number of rotatable bonds is 3. The van der Waals surface area contributed by atoms with Gasteiger partial charge in [-0.05, 0) is 55.3 Å². The SMILES string of the molecule is Cc1ccc(C)c(/C(O)=C2\C(=O)C(=O)N(c3ccccc3)C2c2ccc(Cl)cc2)c1. The quantitative estimate of drug-likeness (QED) is 0.343. The van der Waals surface area contributed by atoms with E-state index in [1.54, 1.807) is 48.5 Å². The number of hydrogen-bond donors (Lipinski definition) is 1. The highest BCUT2D eigenvalue weighted by atomic mass is 35.5. The Morgan fingerprint density at radius 2 is 1.60 bits per heavy atom. The third kappa shape index (κ3) is 3.40. The minimum Gasteiger partial charge on any atom is -0.507 e. The van der Waals surface area contributed by atoms with Crippen LogP contribution in [0, 0.1) is 13.8 Å². The fourth-order valence-electron chi connectivity index (χ4n) is 3.78. The number of nitrogens with zero attached hydrogens (tertiary/aromatic N) is 1. The van der Waals surface area contributed by atoms with Crippen LogP contribution in [0.5, 0.6) is 0 Å². The molecule has 0 aromatic heterocycles. The smallest absolute Gasteiger partial charge is 0.300 e. The summed E-state index contributed by atoms with van der Waals surface area (Å²) >= 11 is 6.05. The first-order valence-electron chi connectivity index (χ1n) is 9.57. The molecular formula is C25H20ClNO3. The number of hydrogen-bond acceptors (Lipinski definition) is 3. The lowest BCUT2D eigenvalue weighted by Crippen LogP contribution is -2.29. The van der Waals surface area contributed by atoms with E-state index in [9.17, 15) is 14.7 Å². The van der Waals surface area contributed by atoms with Gasteiger partial charge in [-0.1, -0.05) is 59.6 Å². The molecule has 1 amide bonds. The second kappa shape index (κ2) is 7.81. The van der Waals surface area contributed by atoms with Crippen LogP contribution in [0.4, 0.5) is 5.69 Å². The monoisotopic (exact) mass is 417 g/mol. The number of amides is 1. The van der Waals surface area contributed by atoms with Crippen molar-refractivity contribution in [2.45, 2.75) is 19.9 Å². The molecule has 1 heterocycles. The Morgan fingerprint density at radius 3 is 2.27 bits per heavy atom. The van der Waals surface area contributed by atoms with E-state index in [1.807, 2.05) is 38.1 Å². The summed E-state index contributed by atoms with van der Waals surface area (Å²) in [6.45, 7) is 3.77. The van der Waals surface area contributed by atoms with Crippen molar-refractivity contribution in [1.29, 1.82) is 0 Å². The van der Waals surface area contributed by atoms with E-state index in [4.69, 9.17) is 11.6 Å². The maximum atomic E-state index is 13.1. The molecule has 1 N–H and O–H groups in total. The molecule has 0 bridgehead atoms. The largest absolute Gasteiger partial charge is 0.507 e. The van der Waals surface area contributed by atoms with Gasteiger partial charge in [0, 0.05) is 16.3 Å². The summed E-state index contributed by atoms with van der Waals surface area (Å²) in [5.74, 6) is -1.56. The summed E-state index contributed by atoms with van der Waals surface area (Å²) in [6, 6.07) is 20.8. The van der Waals surface area contributed by atoms with Crippen LogP contribution in [0.1, 0.15) is 28.3 Å². The highest BCUT2D eigenvalue weighted by Gasteiger charge is 2.47. The lowest BCUT2D eigenvalue weighted by atomic mass is 9.93. The topological polar surface area (TPSA) is 57.6 Å². The first-order chi connectivity index (χ1) is 14.4. The van der Waals surface area contributed by atoms with Crippen molar-refractivity contribution in [2.24, 2.45) is 0 Å². The van der Waals surface area contributed by atoms with Crippen molar-refractivity contribution in [3.8, 4) is 0 Å². The van der Waals surface area contributed by atoms with Crippen LogP contribution in [0.15, 0.2) is 78.4 Å². The number of carbonyl (C=O) groups excluding carboxylic acids is 2. The molecule has 1 saturated heterocycles. The molecule has 0 saturated carbocycles. The van der Waals surface area contributed by atoms with Crippen LogP contribution >= 0.6 is 11.6 Å². The molecule has 1 unspecified atom stereocenters. The van der Waals surface area contributed by atoms with Crippen molar-refractivity contribution in [3.05, 3.63) is 106 Å². The molecule has 0 radical (unpaired) electrons. The highest BCUT2D eigenvalue weighted by Crippen LogP contribution is 2.42. The number of Topliss-reactive ketones (excluding diaryl/α,β-unsaturated/α-hetero) is 1. The maximum absolute atomic E-state index is 13.1. The van der Waals surface area contributed by atoms with E-state index in [-0.39, 0.29) is 11.3 Å². The molecule has 1 atom stereocenters. The summed E-state index contributed by atoms with van der Waals surface area (Å²) in [6.07, 6.45) is 0. The fourth-order valence-corrected chi connectivity index (χ4v) is 3.91. The van der Waals surface area contributed by atoms with E-state index in [0.29, 0.717) is 21.8 Å². The number of aryl methyl sites for hydroxylation is 2. The summed E-state index contributed by atoms with van der Waals surface area (Å²) in [7, 11) is 0. The second-order valence-electron chi connectivity index (χ2n) is 7.37. The van der Waals surface area contributed by atoms with Gasteiger partial charge in [0.05, 0.1) is 11.6 Å². The van der Waals surface area contributed by atoms with Gasteiger partial charge in [-0.15, -0.1) is 0 Å². The van der Waals surface area contributed by atoms with Crippen molar-refractivity contribution in [1.82, 2.24) is 0 Å². The van der Waals surface area contributed by atoms with Crippen molar-refractivity contribution in [2.75, 3.05) is 4.90 Å². The van der Waals surface area contributed by atoms with Crippen LogP contribution in [-0.2, 0) is 9.59 Å². The molecule has 1 aliphatic rings. The second-order valence-corrected chi connectivity index (χ2v) is 7.81. The van der Waals surface area contributed by atoms with Crippen LogP contribution in [0.3, 0.4) is 0 Å². The number of anilines is 1. The van der Waals surface area contributed by atoms with E-state index in [0.717, 1.165) is 11.1 Å². The van der Waals surface area contributed by atoms with Gasteiger partial charge in [0.1, 0.15) is 5.76 Å². The number of aliphatic hydroxyl groups is 1. The normalized spacial score (nSPS) is 18.1. The fraction of sp³-hybridized carbons (Fsp3) is 0.120. The van der Waals surface area contributed by atoms with Gasteiger partial charge < -0.3 is 5.11 Å². The Hall–Kier alpha value is -3.37. The number of carbonyl (C=O) groups is 2. The highest BCUT2D eigenvalue weighted by molar-refractivity contribution is 6.51. The molecule has 4 nitrogen and oxygen atoms in total. The van der Waals surface area contributed by atoms with Crippen molar-refractivity contribution < 1.29 is 14.7 Å². The van der Waals surface area contributed by atoms with E-state index in [2.05, 4.69) is 0 Å². The average molecular weight is 418 g/mol. The van der Waals surface area contributed by atoms with E-state index in [1.165, 1.54) is 4.90 Å². The standard InChI is InChI=1S/C25H20ClNO3/c1-15-8-9-16(2)20(14-15)23(28)21-22(17-10-12-18(26)13-11-17)27(25(30)24(21)29)19-6-4-3-5-7-19/h3-14,22,28H,1-2H3/b23-21+. The van der Waals surface area contributed by atoms with Crippen molar-refractivity contribution in [3.63, 3.8) is 0 Å². The summed E-state index contributed by atoms with van der Waals surface area (Å²) < 4.78 is 0.